The molecule has 0 spiro atoms. The Balaban J connectivity index is 1.42. The number of hydrogen-bond donors (Lipinski definition) is 0. The second kappa shape index (κ2) is 7.94. The van der Waals surface area contributed by atoms with Gasteiger partial charge in [-0.3, -0.25) is 0 Å². The van der Waals surface area contributed by atoms with Crippen LogP contribution < -0.4 is 0 Å². The van der Waals surface area contributed by atoms with Crippen molar-refractivity contribution < 1.29 is 0 Å². The molecule has 0 radical (unpaired) electrons. The first-order valence-corrected chi connectivity index (χ1v) is 10.7. The molecule has 0 saturated heterocycles. The van der Waals surface area contributed by atoms with Crippen LogP contribution in [0.3, 0.4) is 0 Å². The van der Waals surface area contributed by atoms with Crippen LogP contribution in [0.4, 0.5) is 0 Å². The van der Waals surface area contributed by atoms with Crippen LogP contribution in [-0.2, 0) is 0 Å². The molecule has 0 aromatic rings. The molecule has 4 aliphatic rings. The Morgan fingerprint density at radius 1 is 0.800 bits per heavy atom. The Labute approximate surface area is 154 Å². The Bertz CT molecular complexity index is 575. The predicted octanol–water partition coefficient (Wildman–Crippen LogP) is 6.89. The van der Waals surface area contributed by atoms with E-state index in [0.717, 1.165) is 41.4 Å². The van der Waals surface area contributed by atoms with Gasteiger partial charge in [0.05, 0.1) is 0 Å². The summed E-state index contributed by atoms with van der Waals surface area (Å²) in [7, 11) is 0. The molecule has 7 unspecified atom stereocenters. The topological polar surface area (TPSA) is 0 Å². The Morgan fingerprint density at radius 3 is 2.32 bits per heavy atom. The smallest absolute Gasteiger partial charge is 0.0136 e. The lowest BCUT2D eigenvalue weighted by Gasteiger charge is -2.28. The van der Waals surface area contributed by atoms with E-state index in [2.05, 4.69) is 61.3 Å². The maximum absolute atomic E-state index is 3.94. The first-order chi connectivity index (χ1) is 12.3. The fourth-order valence-electron chi connectivity index (χ4n) is 6.23. The maximum atomic E-state index is 3.94. The largest absolute Gasteiger partial charge is 0.103 e. The second-order valence-corrected chi connectivity index (χ2v) is 8.91. The van der Waals surface area contributed by atoms with E-state index in [0.29, 0.717) is 0 Å². The molecule has 134 valence electrons. The molecule has 4 rings (SSSR count). The summed E-state index contributed by atoms with van der Waals surface area (Å²) < 4.78 is 0. The van der Waals surface area contributed by atoms with Gasteiger partial charge in [0.15, 0.2) is 0 Å². The van der Waals surface area contributed by atoms with Crippen molar-refractivity contribution in [2.45, 2.75) is 51.4 Å². The summed E-state index contributed by atoms with van der Waals surface area (Å²) in [6, 6.07) is 0. The molecule has 0 heteroatoms. The van der Waals surface area contributed by atoms with Crippen molar-refractivity contribution in [3.05, 3.63) is 61.3 Å². The van der Waals surface area contributed by atoms with Gasteiger partial charge in [0.2, 0.25) is 0 Å². The van der Waals surface area contributed by atoms with Gasteiger partial charge in [0.25, 0.3) is 0 Å². The average molecular weight is 335 g/mol. The van der Waals surface area contributed by atoms with Crippen LogP contribution in [0.15, 0.2) is 61.3 Å². The third kappa shape index (κ3) is 3.78. The first-order valence-electron chi connectivity index (χ1n) is 10.7. The van der Waals surface area contributed by atoms with E-state index in [-0.39, 0.29) is 0 Å². The first kappa shape index (κ1) is 17.1. The van der Waals surface area contributed by atoms with Gasteiger partial charge in [-0.25, -0.2) is 0 Å². The van der Waals surface area contributed by atoms with E-state index in [4.69, 9.17) is 0 Å². The highest BCUT2D eigenvalue weighted by Gasteiger charge is 2.41. The van der Waals surface area contributed by atoms with Gasteiger partial charge in [0, 0.05) is 0 Å². The Kier molecular flexibility index (Phi) is 5.44. The zero-order valence-corrected chi connectivity index (χ0v) is 15.6. The molecule has 0 bridgehead atoms. The van der Waals surface area contributed by atoms with E-state index in [9.17, 15) is 0 Å². The summed E-state index contributed by atoms with van der Waals surface area (Å²) in [5.74, 6) is 5.97. The number of rotatable bonds is 5. The van der Waals surface area contributed by atoms with Crippen LogP contribution in [0.1, 0.15) is 51.4 Å². The van der Waals surface area contributed by atoms with E-state index in [1.807, 2.05) is 0 Å². The van der Waals surface area contributed by atoms with Crippen LogP contribution in [0.25, 0.3) is 0 Å². The minimum atomic E-state index is 0.797. The highest BCUT2D eigenvalue weighted by Crippen LogP contribution is 2.50. The van der Waals surface area contributed by atoms with Gasteiger partial charge in [0.1, 0.15) is 0 Å². The van der Waals surface area contributed by atoms with Crippen LogP contribution >= 0.6 is 0 Å². The molecule has 4 aliphatic carbocycles. The minimum Gasteiger partial charge on any atom is -0.103 e. The molecule has 0 aromatic carbocycles. The number of allylic oxidation sites excluding steroid dienone is 9. The lowest BCUT2D eigenvalue weighted by atomic mass is 9.77. The molecule has 0 aliphatic heterocycles. The number of hydrogen-bond acceptors (Lipinski definition) is 0. The predicted molar refractivity (Wildman–Crippen MR) is 108 cm³/mol. The van der Waals surface area contributed by atoms with E-state index >= 15 is 0 Å². The lowest BCUT2D eigenvalue weighted by molar-refractivity contribution is 0.283. The molecule has 0 amide bonds. The van der Waals surface area contributed by atoms with Crippen LogP contribution in [0.5, 0.6) is 0 Å². The Morgan fingerprint density at radius 2 is 1.52 bits per heavy atom. The van der Waals surface area contributed by atoms with Crippen molar-refractivity contribution in [1.29, 1.82) is 0 Å². The summed E-state index contributed by atoms with van der Waals surface area (Å²) in [4.78, 5) is 0. The standard InChI is InChI=1S/C25H34/c1-2-3-10-22-18-23(25-15-7-6-14-24(22)25)17-19-9-8-13-20-11-4-5-12-21(20)16-19/h2,4-7,11-12,14-15,19-25H,1,3,8-10,13,16-18H2. The maximum Gasteiger partial charge on any atom is -0.0136 e. The van der Waals surface area contributed by atoms with Crippen molar-refractivity contribution in [1.82, 2.24) is 0 Å². The van der Waals surface area contributed by atoms with Gasteiger partial charge in [-0.15, -0.1) is 6.58 Å². The molecular formula is C25H34. The normalized spacial score (nSPS) is 42.0. The molecule has 0 nitrogen and oxygen atoms in total. The van der Waals surface area contributed by atoms with Crippen molar-refractivity contribution >= 4 is 0 Å². The SMILES string of the molecule is C=CCCC1CC(CC2CCCC3C=CC=CC3C2)C2C=CC=CC12. The van der Waals surface area contributed by atoms with Gasteiger partial charge < -0.3 is 0 Å². The fourth-order valence-corrected chi connectivity index (χ4v) is 6.23. The molecule has 2 saturated carbocycles. The summed E-state index contributed by atoms with van der Waals surface area (Å²) in [6.45, 7) is 3.94. The summed E-state index contributed by atoms with van der Waals surface area (Å²) in [5.41, 5.74) is 0. The minimum absolute atomic E-state index is 0.797. The van der Waals surface area contributed by atoms with Crippen molar-refractivity contribution in [2.75, 3.05) is 0 Å². The highest BCUT2D eigenvalue weighted by atomic mass is 14.5. The number of fused-ring (bicyclic) bond motifs is 2. The zero-order chi connectivity index (χ0) is 17.1. The zero-order valence-electron chi connectivity index (χ0n) is 15.6. The third-order valence-electron chi connectivity index (χ3n) is 7.43. The summed E-state index contributed by atoms with van der Waals surface area (Å²) >= 11 is 0. The van der Waals surface area contributed by atoms with Crippen LogP contribution in [-0.4, -0.2) is 0 Å². The van der Waals surface area contributed by atoms with E-state index in [1.165, 1.54) is 51.4 Å². The van der Waals surface area contributed by atoms with Crippen LogP contribution in [0, 0.1) is 41.4 Å². The molecule has 0 aromatic heterocycles. The molecule has 0 N–H and O–H groups in total. The van der Waals surface area contributed by atoms with Crippen molar-refractivity contribution in [2.24, 2.45) is 41.4 Å². The van der Waals surface area contributed by atoms with Gasteiger partial charge >= 0.3 is 0 Å². The molecule has 25 heavy (non-hydrogen) atoms. The molecule has 2 fully saturated rings. The van der Waals surface area contributed by atoms with Gasteiger partial charge in [-0.2, -0.15) is 0 Å². The molecule has 0 heterocycles. The second-order valence-electron chi connectivity index (χ2n) is 8.91. The van der Waals surface area contributed by atoms with E-state index in [1.54, 1.807) is 0 Å². The van der Waals surface area contributed by atoms with Gasteiger partial charge in [-0.05, 0) is 80.0 Å². The quantitative estimate of drug-likeness (QED) is 0.480. The third-order valence-corrected chi connectivity index (χ3v) is 7.43. The Hall–Kier alpha value is -1.30. The molecular weight excluding hydrogens is 300 g/mol. The van der Waals surface area contributed by atoms with E-state index < -0.39 is 0 Å². The lowest BCUT2D eigenvalue weighted by Crippen LogP contribution is -2.19. The fraction of sp³-hybridized carbons (Fsp3) is 0.600. The monoisotopic (exact) mass is 334 g/mol. The van der Waals surface area contributed by atoms with Gasteiger partial charge in [-0.1, -0.05) is 67.5 Å². The van der Waals surface area contributed by atoms with Crippen molar-refractivity contribution in [3.8, 4) is 0 Å². The highest BCUT2D eigenvalue weighted by molar-refractivity contribution is 5.19. The summed E-state index contributed by atoms with van der Waals surface area (Å²) in [5, 5.41) is 0. The average Bonchev–Trinajstić information content (AvgIpc) is 2.85. The molecule has 7 atom stereocenters. The van der Waals surface area contributed by atoms with Crippen LogP contribution in [0.2, 0.25) is 0 Å². The summed E-state index contributed by atoms with van der Waals surface area (Å²) in [6.07, 6.45) is 32.4. The van der Waals surface area contributed by atoms with Crippen molar-refractivity contribution in [3.63, 3.8) is 0 Å².